The summed E-state index contributed by atoms with van der Waals surface area (Å²) in [7, 11) is 0. The number of rotatable bonds is 2. The fraction of sp³-hybridized carbons (Fsp3) is 0.400. The Bertz CT molecular complexity index is 502. The molecule has 5 heteroatoms. The first kappa shape index (κ1) is 8.76. The Balaban J connectivity index is 2.24. The van der Waals surface area contributed by atoms with E-state index in [1.165, 1.54) is 6.07 Å². The zero-order valence-corrected chi connectivity index (χ0v) is 7.90. The Labute approximate surface area is 84.7 Å². The van der Waals surface area contributed by atoms with Crippen LogP contribution in [0.2, 0.25) is 0 Å². The third-order valence-electron chi connectivity index (χ3n) is 2.63. The lowest BCUT2D eigenvalue weighted by atomic mass is 10.2. The van der Waals surface area contributed by atoms with E-state index in [9.17, 15) is 8.78 Å². The summed E-state index contributed by atoms with van der Waals surface area (Å²) in [5, 5.41) is 4.09. The molecule has 1 fully saturated rings. The van der Waals surface area contributed by atoms with Crippen LogP contribution in [0.4, 0.5) is 8.78 Å². The first-order valence-electron chi connectivity index (χ1n) is 4.88. The van der Waals surface area contributed by atoms with Crippen LogP contribution in [0.1, 0.15) is 36.6 Å². The lowest BCUT2D eigenvalue weighted by molar-refractivity contribution is 0.146. The second kappa shape index (κ2) is 2.98. The van der Waals surface area contributed by atoms with Gasteiger partial charge in [0.1, 0.15) is 5.69 Å². The van der Waals surface area contributed by atoms with Crippen molar-refractivity contribution < 1.29 is 8.78 Å². The van der Waals surface area contributed by atoms with E-state index in [-0.39, 0.29) is 5.69 Å². The molecule has 2 heterocycles. The van der Waals surface area contributed by atoms with Gasteiger partial charge in [-0.05, 0) is 18.9 Å². The zero-order valence-electron chi connectivity index (χ0n) is 7.90. The van der Waals surface area contributed by atoms with E-state index in [4.69, 9.17) is 0 Å². The Hall–Kier alpha value is -1.52. The summed E-state index contributed by atoms with van der Waals surface area (Å²) in [6.45, 7) is 0. The van der Waals surface area contributed by atoms with Gasteiger partial charge in [-0.2, -0.15) is 5.10 Å². The van der Waals surface area contributed by atoms with Crippen LogP contribution < -0.4 is 0 Å². The van der Waals surface area contributed by atoms with Crippen LogP contribution in [-0.4, -0.2) is 14.6 Å². The minimum absolute atomic E-state index is 0.148. The van der Waals surface area contributed by atoms with Crippen molar-refractivity contribution in [1.82, 2.24) is 14.6 Å². The molecule has 15 heavy (non-hydrogen) atoms. The zero-order chi connectivity index (χ0) is 10.4. The summed E-state index contributed by atoms with van der Waals surface area (Å²) in [4.78, 5) is 3.86. The summed E-state index contributed by atoms with van der Waals surface area (Å²) < 4.78 is 26.8. The van der Waals surface area contributed by atoms with E-state index in [1.807, 2.05) is 0 Å². The van der Waals surface area contributed by atoms with E-state index in [0.717, 1.165) is 18.5 Å². The molecule has 0 unspecified atom stereocenters. The summed E-state index contributed by atoms with van der Waals surface area (Å²) in [5.41, 5.74) is 1.22. The van der Waals surface area contributed by atoms with Crippen molar-refractivity contribution in [1.29, 1.82) is 0 Å². The topological polar surface area (TPSA) is 30.2 Å². The predicted octanol–water partition coefficient (Wildman–Crippen LogP) is 2.54. The van der Waals surface area contributed by atoms with Crippen molar-refractivity contribution in [3.8, 4) is 0 Å². The summed E-state index contributed by atoms with van der Waals surface area (Å²) in [5.74, 6) is 0.382. The predicted molar refractivity (Wildman–Crippen MR) is 49.9 cm³/mol. The molecular formula is C10H9F2N3. The van der Waals surface area contributed by atoms with Gasteiger partial charge in [-0.3, -0.25) is 0 Å². The third-order valence-corrected chi connectivity index (χ3v) is 2.63. The molecule has 0 radical (unpaired) electrons. The highest BCUT2D eigenvalue weighted by Crippen LogP contribution is 2.40. The Morgan fingerprint density at radius 3 is 2.87 bits per heavy atom. The molecule has 0 amide bonds. The van der Waals surface area contributed by atoms with Crippen molar-refractivity contribution in [3.05, 3.63) is 29.7 Å². The molecule has 1 saturated carbocycles. The van der Waals surface area contributed by atoms with Gasteiger partial charge in [-0.15, -0.1) is 0 Å². The molecule has 3 nitrogen and oxygen atoms in total. The van der Waals surface area contributed by atoms with Crippen LogP contribution >= 0.6 is 0 Å². The Kier molecular flexibility index (Phi) is 1.74. The van der Waals surface area contributed by atoms with Crippen LogP contribution in [0.25, 0.3) is 5.65 Å². The van der Waals surface area contributed by atoms with E-state index in [1.54, 1.807) is 16.8 Å². The Morgan fingerprint density at radius 1 is 1.40 bits per heavy atom. The van der Waals surface area contributed by atoms with Gasteiger partial charge in [0, 0.05) is 17.7 Å². The minimum Gasteiger partial charge on any atom is -0.228 e. The molecule has 3 rings (SSSR count). The van der Waals surface area contributed by atoms with Gasteiger partial charge in [-0.25, -0.2) is 18.3 Å². The average molecular weight is 209 g/mol. The SMILES string of the molecule is FC(F)c1cc(C2CC2)n2nccc2n1. The van der Waals surface area contributed by atoms with E-state index in [0.29, 0.717) is 11.6 Å². The molecule has 0 atom stereocenters. The molecule has 1 aliphatic carbocycles. The van der Waals surface area contributed by atoms with Gasteiger partial charge >= 0.3 is 0 Å². The molecule has 0 aromatic carbocycles. The number of aromatic nitrogens is 3. The molecule has 0 N–H and O–H groups in total. The standard InChI is InChI=1S/C10H9F2N3/c11-10(12)7-5-8(6-1-2-6)15-9(14-7)3-4-13-15/h3-6,10H,1-2H2. The molecule has 1 aliphatic rings. The molecule has 0 spiro atoms. The smallest absolute Gasteiger partial charge is 0.228 e. The molecular weight excluding hydrogens is 200 g/mol. The normalized spacial score (nSPS) is 16.5. The van der Waals surface area contributed by atoms with Gasteiger partial charge in [-0.1, -0.05) is 0 Å². The summed E-state index contributed by atoms with van der Waals surface area (Å²) >= 11 is 0. The maximum absolute atomic E-state index is 12.6. The van der Waals surface area contributed by atoms with Crippen molar-refractivity contribution in [3.63, 3.8) is 0 Å². The first-order valence-corrected chi connectivity index (χ1v) is 4.88. The molecule has 0 saturated heterocycles. The number of nitrogens with zero attached hydrogens (tertiary/aromatic N) is 3. The van der Waals surface area contributed by atoms with Crippen LogP contribution in [0, 0.1) is 0 Å². The maximum atomic E-state index is 12.6. The van der Waals surface area contributed by atoms with Crippen molar-refractivity contribution in [2.45, 2.75) is 25.2 Å². The highest BCUT2D eigenvalue weighted by molar-refractivity contribution is 5.40. The van der Waals surface area contributed by atoms with Gasteiger partial charge < -0.3 is 0 Å². The second-order valence-electron chi connectivity index (χ2n) is 3.78. The van der Waals surface area contributed by atoms with Crippen molar-refractivity contribution in [2.24, 2.45) is 0 Å². The third kappa shape index (κ3) is 1.38. The number of fused-ring (bicyclic) bond motifs is 1. The van der Waals surface area contributed by atoms with Gasteiger partial charge in [0.15, 0.2) is 5.65 Å². The maximum Gasteiger partial charge on any atom is 0.280 e. The quantitative estimate of drug-likeness (QED) is 0.760. The Morgan fingerprint density at radius 2 is 2.20 bits per heavy atom. The van der Waals surface area contributed by atoms with E-state index < -0.39 is 6.43 Å². The first-order chi connectivity index (χ1) is 7.25. The van der Waals surface area contributed by atoms with E-state index in [2.05, 4.69) is 10.1 Å². The number of alkyl halides is 2. The molecule has 0 bridgehead atoms. The average Bonchev–Trinajstić information content (AvgIpc) is 2.94. The lowest BCUT2D eigenvalue weighted by Gasteiger charge is -2.05. The summed E-state index contributed by atoms with van der Waals surface area (Å²) in [6.07, 6.45) is 1.19. The van der Waals surface area contributed by atoms with Crippen molar-refractivity contribution in [2.75, 3.05) is 0 Å². The number of hydrogen-bond donors (Lipinski definition) is 0. The monoisotopic (exact) mass is 209 g/mol. The van der Waals surface area contributed by atoms with Crippen LogP contribution in [0.3, 0.4) is 0 Å². The largest absolute Gasteiger partial charge is 0.280 e. The van der Waals surface area contributed by atoms with Gasteiger partial charge in [0.05, 0.1) is 6.20 Å². The van der Waals surface area contributed by atoms with Crippen LogP contribution in [0.5, 0.6) is 0 Å². The second-order valence-corrected chi connectivity index (χ2v) is 3.78. The lowest BCUT2D eigenvalue weighted by Crippen LogP contribution is -2.02. The fourth-order valence-corrected chi connectivity index (χ4v) is 1.74. The molecule has 0 aliphatic heterocycles. The highest BCUT2D eigenvalue weighted by Gasteiger charge is 2.28. The number of halogens is 2. The molecule has 78 valence electrons. The highest BCUT2D eigenvalue weighted by atomic mass is 19.3. The summed E-state index contributed by atoms with van der Waals surface area (Å²) in [6, 6.07) is 3.13. The number of hydrogen-bond acceptors (Lipinski definition) is 2. The van der Waals surface area contributed by atoms with Gasteiger partial charge in [0.2, 0.25) is 0 Å². The van der Waals surface area contributed by atoms with Crippen molar-refractivity contribution >= 4 is 5.65 Å². The minimum atomic E-state index is -2.51. The van der Waals surface area contributed by atoms with E-state index >= 15 is 0 Å². The van der Waals surface area contributed by atoms with Crippen LogP contribution in [0.15, 0.2) is 18.3 Å². The molecule has 2 aromatic heterocycles. The van der Waals surface area contributed by atoms with Crippen LogP contribution in [-0.2, 0) is 0 Å². The van der Waals surface area contributed by atoms with Gasteiger partial charge in [0.25, 0.3) is 6.43 Å². The molecule has 2 aromatic rings. The fourth-order valence-electron chi connectivity index (χ4n) is 1.74.